The second-order valence-corrected chi connectivity index (χ2v) is 6.38. The number of benzene rings is 1. The van der Waals surface area contributed by atoms with Crippen LogP contribution in [0.2, 0.25) is 0 Å². The number of anilines is 1. The van der Waals surface area contributed by atoms with Gasteiger partial charge in [0.2, 0.25) is 0 Å². The highest BCUT2D eigenvalue weighted by Crippen LogP contribution is 2.17. The third-order valence-corrected chi connectivity index (χ3v) is 4.38. The SMILES string of the molecule is Cc1ccc(N)cc1C(=O)NCC(C)N1CCCC(C)C1. The fourth-order valence-corrected chi connectivity index (χ4v) is 2.98. The minimum atomic E-state index is -0.0308. The molecule has 21 heavy (non-hydrogen) atoms. The Kier molecular flexibility index (Phi) is 5.23. The van der Waals surface area contributed by atoms with Crippen molar-refractivity contribution in [1.29, 1.82) is 0 Å². The maximum absolute atomic E-state index is 12.3. The number of rotatable bonds is 4. The predicted molar refractivity (Wildman–Crippen MR) is 87.4 cm³/mol. The van der Waals surface area contributed by atoms with Gasteiger partial charge in [-0.2, -0.15) is 0 Å². The summed E-state index contributed by atoms with van der Waals surface area (Å²) in [6.45, 7) is 9.37. The van der Waals surface area contributed by atoms with Crippen molar-refractivity contribution in [2.24, 2.45) is 5.92 Å². The first-order valence-electron chi connectivity index (χ1n) is 7.85. The lowest BCUT2D eigenvalue weighted by atomic mass is 9.99. The lowest BCUT2D eigenvalue weighted by Gasteiger charge is -2.35. The number of aryl methyl sites for hydroxylation is 1. The summed E-state index contributed by atoms with van der Waals surface area (Å²) in [7, 11) is 0. The van der Waals surface area contributed by atoms with Gasteiger partial charge < -0.3 is 11.1 Å². The molecular formula is C17H27N3O. The van der Waals surface area contributed by atoms with Crippen LogP contribution < -0.4 is 11.1 Å². The number of nitrogens with zero attached hydrogens (tertiary/aromatic N) is 1. The van der Waals surface area contributed by atoms with Crippen molar-refractivity contribution in [2.75, 3.05) is 25.4 Å². The van der Waals surface area contributed by atoms with Gasteiger partial charge in [-0.05, 0) is 56.8 Å². The number of likely N-dealkylation sites (tertiary alicyclic amines) is 1. The van der Waals surface area contributed by atoms with E-state index in [0.717, 1.165) is 24.6 Å². The quantitative estimate of drug-likeness (QED) is 0.837. The van der Waals surface area contributed by atoms with Crippen LogP contribution >= 0.6 is 0 Å². The molecule has 2 unspecified atom stereocenters. The first-order chi connectivity index (χ1) is 9.97. The normalized spacial score (nSPS) is 21.0. The van der Waals surface area contributed by atoms with Gasteiger partial charge in [0.25, 0.3) is 5.91 Å². The van der Waals surface area contributed by atoms with Crippen LogP contribution in [-0.2, 0) is 0 Å². The first kappa shape index (κ1) is 15.8. The molecule has 1 aliphatic rings. The Labute approximate surface area is 127 Å². The van der Waals surface area contributed by atoms with E-state index in [1.54, 1.807) is 6.07 Å². The Bertz CT molecular complexity index is 501. The third-order valence-electron chi connectivity index (χ3n) is 4.38. The van der Waals surface area contributed by atoms with Crippen LogP contribution in [0.3, 0.4) is 0 Å². The zero-order chi connectivity index (χ0) is 15.4. The number of piperidine rings is 1. The Morgan fingerprint density at radius 2 is 2.29 bits per heavy atom. The molecule has 1 aromatic rings. The van der Waals surface area contributed by atoms with E-state index in [1.165, 1.54) is 12.8 Å². The summed E-state index contributed by atoms with van der Waals surface area (Å²) in [6.07, 6.45) is 2.58. The van der Waals surface area contributed by atoms with E-state index < -0.39 is 0 Å². The van der Waals surface area contributed by atoms with Crippen molar-refractivity contribution in [3.05, 3.63) is 29.3 Å². The Balaban J connectivity index is 1.90. The third kappa shape index (κ3) is 4.21. The molecule has 2 rings (SSSR count). The molecule has 0 saturated carbocycles. The molecule has 1 heterocycles. The molecule has 4 nitrogen and oxygen atoms in total. The minimum absolute atomic E-state index is 0.0308. The standard InChI is InChI=1S/C17H27N3O/c1-12-5-4-8-20(11-12)14(3)10-19-17(21)16-9-15(18)7-6-13(16)2/h6-7,9,12,14H,4-5,8,10-11,18H2,1-3H3,(H,19,21). The maximum atomic E-state index is 12.3. The highest BCUT2D eigenvalue weighted by atomic mass is 16.1. The van der Waals surface area contributed by atoms with Gasteiger partial charge in [-0.25, -0.2) is 0 Å². The number of nitrogens with two attached hydrogens (primary N) is 1. The van der Waals surface area contributed by atoms with Gasteiger partial charge in [0.05, 0.1) is 0 Å². The lowest BCUT2D eigenvalue weighted by molar-refractivity contribution is 0.0917. The monoisotopic (exact) mass is 289 g/mol. The van der Waals surface area contributed by atoms with Crippen LogP contribution in [0.25, 0.3) is 0 Å². The van der Waals surface area contributed by atoms with Gasteiger partial charge in [-0.3, -0.25) is 9.69 Å². The van der Waals surface area contributed by atoms with Gasteiger partial charge >= 0.3 is 0 Å². The first-order valence-corrected chi connectivity index (χ1v) is 7.85. The van der Waals surface area contributed by atoms with Crippen LogP contribution in [0.5, 0.6) is 0 Å². The Morgan fingerprint density at radius 3 is 3.00 bits per heavy atom. The molecule has 1 saturated heterocycles. The smallest absolute Gasteiger partial charge is 0.251 e. The maximum Gasteiger partial charge on any atom is 0.251 e. The van der Waals surface area contributed by atoms with Crippen LogP contribution in [0.15, 0.2) is 18.2 Å². The van der Waals surface area contributed by atoms with Crippen LogP contribution in [0.4, 0.5) is 5.69 Å². The molecule has 1 aliphatic heterocycles. The molecule has 0 spiro atoms. The van der Waals surface area contributed by atoms with Gasteiger partial charge in [-0.1, -0.05) is 13.0 Å². The number of hydrogen-bond donors (Lipinski definition) is 2. The number of nitrogen functional groups attached to an aromatic ring is 1. The van der Waals surface area contributed by atoms with Crippen molar-refractivity contribution >= 4 is 11.6 Å². The molecule has 1 amide bonds. The average Bonchev–Trinajstić information content (AvgIpc) is 2.47. The number of nitrogens with one attached hydrogen (secondary N) is 1. The summed E-state index contributed by atoms with van der Waals surface area (Å²) >= 11 is 0. The average molecular weight is 289 g/mol. The molecule has 0 aliphatic carbocycles. The molecule has 1 aromatic carbocycles. The summed E-state index contributed by atoms with van der Waals surface area (Å²) in [5, 5.41) is 3.04. The molecule has 2 atom stereocenters. The second-order valence-electron chi connectivity index (χ2n) is 6.38. The summed E-state index contributed by atoms with van der Waals surface area (Å²) in [6, 6.07) is 5.83. The van der Waals surface area contributed by atoms with Crippen molar-refractivity contribution in [3.63, 3.8) is 0 Å². The van der Waals surface area contributed by atoms with Crippen LogP contribution in [0, 0.1) is 12.8 Å². The van der Waals surface area contributed by atoms with Crippen molar-refractivity contribution in [2.45, 2.75) is 39.7 Å². The van der Waals surface area contributed by atoms with E-state index in [-0.39, 0.29) is 5.91 Å². The van der Waals surface area contributed by atoms with Crippen molar-refractivity contribution in [3.8, 4) is 0 Å². The number of carbonyl (C=O) groups excluding carboxylic acids is 1. The molecule has 1 fully saturated rings. The van der Waals surface area contributed by atoms with E-state index in [4.69, 9.17) is 5.73 Å². The second kappa shape index (κ2) is 6.94. The van der Waals surface area contributed by atoms with Gasteiger partial charge in [0, 0.05) is 30.4 Å². The van der Waals surface area contributed by atoms with Crippen LogP contribution in [0.1, 0.15) is 42.6 Å². The zero-order valence-electron chi connectivity index (χ0n) is 13.4. The van der Waals surface area contributed by atoms with Gasteiger partial charge in [0.15, 0.2) is 0 Å². The Hall–Kier alpha value is -1.55. The largest absolute Gasteiger partial charge is 0.399 e. The molecule has 4 heteroatoms. The summed E-state index contributed by atoms with van der Waals surface area (Å²) < 4.78 is 0. The van der Waals surface area contributed by atoms with E-state index in [9.17, 15) is 4.79 Å². The number of carbonyl (C=O) groups is 1. The highest BCUT2D eigenvalue weighted by Gasteiger charge is 2.21. The fraction of sp³-hybridized carbons (Fsp3) is 0.588. The molecule has 116 valence electrons. The zero-order valence-corrected chi connectivity index (χ0v) is 13.4. The number of hydrogen-bond acceptors (Lipinski definition) is 3. The number of amides is 1. The van der Waals surface area contributed by atoms with Crippen molar-refractivity contribution in [1.82, 2.24) is 10.2 Å². The molecule has 0 radical (unpaired) electrons. The molecule has 0 aromatic heterocycles. The van der Waals surface area contributed by atoms with E-state index >= 15 is 0 Å². The molecular weight excluding hydrogens is 262 g/mol. The van der Waals surface area contributed by atoms with Crippen molar-refractivity contribution < 1.29 is 4.79 Å². The molecule has 0 bridgehead atoms. The molecule has 3 N–H and O–H groups in total. The minimum Gasteiger partial charge on any atom is -0.399 e. The lowest BCUT2D eigenvalue weighted by Crippen LogP contribution is -2.46. The predicted octanol–water partition coefficient (Wildman–Crippen LogP) is 2.43. The topological polar surface area (TPSA) is 58.4 Å². The summed E-state index contributed by atoms with van der Waals surface area (Å²) in [4.78, 5) is 14.8. The summed E-state index contributed by atoms with van der Waals surface area (Å²) in [5.41, 5.74) is 8.03. The van der Waals surface area contributed by atoms with E-state index in [1.807, 2.05) is 19.1 Å². The van der Waals surface area contributed by atoms with E-state index in [0.29, 0.717) is 23.8 Å². The van der Waals surface area contributed by atoms with E-state index in [2.05, 4.69) is 24.1 Å². The van der Waals surface area contributed by atoms with Gasteiger partial charge in [0.1, 0.15) is 0 Å². The summed E-state index contributed by atoms with van der Waals surface area (Å²) in [5.74, 6) is 0.727. The van der Waals surface area contributed by atoms with Crippen LogP contribution in [-0.4, -0.2) is 36.5 Å². The highest BCUT2D eigenvalue weighted by molar-refractivity contribution is 5.96. The fourth-order valence-electron chi connectivity index (χ4n) is 2.98. The van der Waals surface area contributed by atoms with Gasteiger partial charge in [-0.15, -0.1) is 0 Å². The Morgan fingerprint density at radius 1 is 1.52 bits per heavy atom.